The number of nitrogens with zero attached hydrogens (tertiary/aromatic N) is 6. The molecule has 3 rings (SSSR count). The van der Waals surface area contributed by atoms with E-state index in [0.717, 1.165) is 32.0 Å². The zero-order valence-corrected chi connectivity index (χ0v) is 13.0. The van der Waals surface area contributed by atoms with Crippen molar-refractivity contribution in [1.82, 2.24) is 15.0 Å². The maximum atomic E-state index is 9.15. The van der Waals surface area contributed by atoms with Gasteiger partial charge in [0.05, 0.1) is 6.61 Å². The van der Waals surface area contributed by atoms with Crippen molar-refractivity contribution in [2.45, 2.75) is 6.92 Å². The molecule has 2 aromatic heterocycles. The van der Waals surface area contributed by atoms with Crippen molar-refractivity contribution in [1.29, 1.82) is 5.26 Å². The first kappa shape index (κ1) is 15.0. The largest absolute Gasteiger partial charge is 0.478 e. The lowest BCUT2D eigenvalue weighted by molar-refractivity contribution is 0.327. The summed E-state index contributed by atoms with van der Waals surface area (Å²) in [6.45, 7) is 5.71. The van der Waals surface area contributed by atoms with E-state index in [1.54, 1.807) is 12.4 Å². The van der Waals surface area contributed by atoms with E-state index in [1.807, 2.05) is 25.1 Å². The van der Waals surface area contributed by atoms with E-state index >= 15 is 0 Å². The van der Waals surface area contributed by atoms with E-state index < -0.39 is 0 Å². The highest BCUT2D eigenvalue weighted by atomic mass is 16.5. The van der Waals surface area contributed by atoms with Crippen LogP contribution in [-0.2, 0) is 0 Å². The molecule has 0 amide bonds. The number of aromatic nitrogens is 3. The van der Waals surface area contributed by atoms with Crippen molar-refractivity contribution in [3.63, 3.8) is 0 Å². The van der Waals surface area contributed by atoms with Crippen molar-refractivity contribution in [3.8, 4) is 11.9 Å². The quantitative estimate of drug-likeness (QED) is 0.846. The maximum absolute atomic E-state index is 9.15. The van der Waals surface area contributed by atoms with Gasteiger partial charge in [-0.3, -0.25) is 0 Å². The molecule has 0 aliphatic carbocycles. The third kappa shape index (κ3) is 3.31. The van der Waals surface area contributed by atoms with Crippen molar-refractivity contribution >= 4 is 11.6 Å². The van der Waals surface area contributed by atoms with Gasteiger partial charge in [0, 0.05) is 44.6 Å². The first-order valence-electron chi connectivity index (χ1n) is 7.62. The average Bonchev–Trinajstić information content (AvgIpc) is 2.62. The Balaban J connectivity index is 1.69. The molecule has 0 spiro atoms. The molecular formula is C16H18N6O. The minimum absolute atomic E-state index is 0.373. The van der Waals surface area contributed by atoms with Crippen LogP contribution in [-0.4, -0.2) is 47.7 Å². The summed E-state index contributed by atoms with van der Waals surface area (Å²) in [7, 11) is 0. The lowest BCUT2D eigenvalue weighted by Crippen LogP contribution is -2.47. The van der Waals surface area contributed by atoms with Crippen molar-refractivity contribution < 1.29 is 4.74 Å². The van der Waals surface area contributed by atoms with Crippen LogP contribution in [0.2, 0.25) is 0 Å². The Bertz CT molecular complexity index is 706. The number of rotatable bonds is 4. The Morgan fingerprint density at radius 3 is 2.61 bits per heavy atom. The molecule has 0 radical (unpaired) electrons. The Morgan fingerprint density at radius 2 is 1.87 bits per heavy atom. The molecule has 1 aliphatic rings. The minimum atomic E-state index is 0.373. The smallest absolute Gasteiger partial charge is 0.215 e. The monoisotopic (exact) mass is 310 g/mol. The van der Waals surface area contributed by atoms with Crippen LogP contribution in [0.15, 0.2) is 30.6 Å². The summed E-state index contributed by atoms with van der Waals surface area (Å²) in [5.41, 5.74) is 0.373. The van der Waals surface area contributed by atoms with Crippen molar-refractivity contribution in [3.05, 3.63) is 36.3 Å². The third-order valence-electron chi connectivity index (χ3n) is 3.69. The van der Waals surface area contributed by atoms with Gasteiger partial charge in [0.15, 0.2) is 11.5 Å². The van der Waals surface area contributed by atoms with Crippen molar-refractivity contribution in [2.75, 3.05) is 42.6 Å². The third-order valence-corrected chi connectivity index (χ3v) is 3.69. The fourth-order valence-electron chi connectivity index (χ4n) is 2.60. The van der Waals surface area contributed by atoms with Crippen LogP contribution in [0.3, 0.4) is 0 Å². The predicted molar refractivity (Wildman–Crippen MR) is 86.6 cm³/mol. The molecule has 0 atom stereocenters. The van der Waals surface area contributed by atoms with Crippen LogP contribution in [0, 0.1) is 11.3 Å². The summed E-state index contributed by atoms with van der Waals surface area (Å²) >= 11 is 0. The normalized spacial score (nSPS) is 14.4. The Kier molecular flexibility index (Phi) is 4.52. The van der Waals surface area contributed by atoms with E-state index in [1.165, 1.54) is 0 Å². The zero-order chi connectivity index (χ0) is 16.1. The van der Waals surface area contributed by atoms with Crippen LogP contribution in [0.25, 0.3) is 0 Å². The molecule has 1 aliphatic heterocycles. The van der Waals surface area contributed by atoms with Crippen LogP contribution in [0.1, 0.15) is 12.6 Å². The molecular weight excluding hydrogens is 292 g/mol. The lowest BCUT2D eigenvalue weighted by Gasteiger charge is -2.36. The summed E-state index contributed by atoms with van der Waals surface area (Å²) in [5, 5.41) is 9.15. The molecule has 23 heavy (non-hydrogen) atoms. The fourth-order valence-corrected chi connectivity index (χ4v) is 2.60. The van der Waals surface area contributed by atoms with E-state index in [9.17, 15) is 0 Å². The number of hydrogen-bond acceptors (Lipinski definition) is 7. The summed E-state index contributed by atoms with van der Waals surface area (Å²) in [5.74, 6) is 2.22. The van der Waals surface area contributed by atoms with Gasteiger partial charge in [-0.2, -0.15) is 10.2 Å². The first-order valence-corrected chi connectivity index (χ1v) is 7.62. The molecule has 0 N–H and O–H groups in total. The zero-order valence-electron chi connectivity index (χ0n) is 13.0. The Labute approximate surface area is 135 Å². The summed E-state index contributed by atoms with van der Waals surface area (Å²) in [6, 6.07) is 7.90. The minimum Gasteiger partial charge on any atom is -0.478 e. The van der Waals surface area contributed by atoms with Gasteiger partial charge in [0.1, 0.15) is 11.9 Å². The molecule has 2 aromatic rings. The summed E-state index contributed by atoms with van der Waals surface area (Å²) in [4.78, 5) is 17.2. The molecule has 7 nitrogen and oxygen atoms in total. The number of ether oxygens (including phenoxy) is 1. The molecule has 0 aromatic carbocycles. The number of piperazine rings is 1. The predicted octanol–water partition coefficient (Wildman–Crippen LogP) is 1.47. The van der Waals surface area contributed by atoms with Gasteiger partial charge in [-0.25, -0.2) is 9.97 Å². The molecule has 1 fully saturated rings. The van der Waals surface area contributed by atoms with Crippen LogP contribution in [0.4, 0.5) is 11.6 Å². The molecule has 1 saturated heterocycles. The number of hydrogen-bond donors (Lipinski definition) is 0. The number of pyridine rings is 1. The molecule has 3 heterocycles. The highest BCUT2D eigenvalue weighted by Gasteiger charge is 2.21. The highest BCUT2D eigenvalue weighted by Crippen LogP contribution is 2.21. The number of anilines is 2. The van der Waals surface area contributed by atoms with Gasteiger partial charge in [-0.05, 0) is 13.0 Å². The van der Waals surface area contributed by atoms with E-state index in [-0.39, 0.29) is 0 Å². The van der Waals surface area contributed by atoms with Gasteiger partial charge in [0.25, 0.3) is 0 Å². The van der Waals surface area contributed by atoms with E-state index in [2.05, 4.69) is 30.8 Å². The molecule has 0 bridgehead atoms. The second kappa shape index (κ2) is 6.92. The molecule has 118 valence electrons. The number of nitriles is 1. The van der Waals surface area contributed by atoms with E-state index in [0.29, 0.717) is 24.0 Å². The van der Waals surface area contributed by atoms with Gasteiger partial charge < -0.3 is 14.5 Å². The SMILES string of the molecule is CCOc1cccc(N2CCN(c3nccnc3C#N)CC2)n1. The van der Waals surface area contributed by atoms with Gasteiger partial charge >= 0.3 is 0 Å². The average molecular weight is 310 g/mol. The summed E-state index contributed by atoms with van der Waals surface area (Å²) in [6.07, 6.45) is 3.16. The lowest BCUT2D eigenvalue weighted by atomic mass is 10.3. The molecule has 7 heteroatoms. The molecule has 0 saturated carbocycles. The maximum Gasteiger partial charge on any atom is 0.215 e. The second-order valence-corrected chi connectivity index (χ2v) is 5.08. The van der Waals surface area contributed by atoms with Crippen LogP contribution in [0.5, 0.6) is 5.88 Å². The van der Waals surface area contributed by atoms with Gasteiger partial charge in [-0.15, -0.1) is 0 Å². The van der Waals surface area contributed by atoms with Crippen LogP contribution < -0.4 is 14.5 Å². The molecule has 0 unspecified atom stereocenters. The topological polar surface area (TPSA) is 78.2 Å². The fraction of sp³-hybridized carbons (Fsp3) is 0.375. The standard InChI is InChI=1S/C16H18N6O/c1-2-23-15-5-3-4-14(20-15)21-8-10-22(11-9-21)16-13(12-17)18-6-7-19-16/h3-7H,2,8-11H2,1H3. The second-order valence-electron chi connectivity index (χ2n) is 5.08. The van der Waals surface area contributed by atoms with Crippen molar-refractivity contribution in [2.24, 2.45) is 0 Å². The summed E-state index contributed by atoms with van der Waals surface area (Å²) < 4.78 is 5.46. The van der Waals surface area contributed by atoms with Gasteiger partial charge in [0.2, 0.25) is 5.88 Å². The van der Waals surface area contributed by atoms with Gasteiger partial charge in [-0.1, -0.05) is 6.07 Å². The Morgan fingerprint density at radius 1 is 1.13 bits per heavy atom. The highest BCUT2D eigenvalue weighted by molar-refractivity contribution is 5.51. The Hall–Kier alpha value is -2.88. The van der Waals surface area contributed by atoms with Crippen LogP contribution >= 0.6 is 0 Å². The first-order chi connectivity index (χ1) is 11.3. The van der Waals surface area contributed by atoms with E-state index in [4.69, 9.17) is 10.00 Å².